The number of carbonyl (C=O) groups is 1. The first-order chi connectivity index (χ1) is 8.95. The minimum Gasteiger partial charge on any atom is -0.491 e. The maximum absolute atomic E-state index is 12.4. The Morgan fingerprint density at radius 2 is 2.00 bits per heavy atom. The third kappa shape index (κ3) is 4.56. The molecule has 0 saturated heterocycles. The monoisotopic (exact) mass is 264 g/mol. The van der Waals surface area contributed by atoms with Gasteiger partial charge in [0.2, 0.25) is 0 Å². The van der Waals surface area contributed by atoms with E-state index in [1.54, 1.807) is 17.0 Å². The first-order valence-electron chi connectivity index (χ1n) is 6.73. The van der Waals surface area contributed by atoms with Gasteiger partial charge in [0.25, 0.3) is 5.91 Å². The lowest BCUT2D eigenvalue weighted by Crippen LogP contribution is -2.40. The van der Waals surface area contributed by atoms with Crippen LogP contribution in [0.15, 0.2) is 24.3 Å². The highest BCUT2D eigenvalue weighted by Crippen LogP contribution is 2.17. The van der Waals surface area contributed by atoms with Crippen LogP contribution in [0, 0.1) is 0 Å². The van der Waals surface area contributed by atoms with Gasteiger partial charge in [-0.15, -0.1) is 0 Å². The highest BCUT2D eigenvalue weighted by atomic mass is 16.5. The van der Waals surface area contributed by atoms with E-state index in [0.717, 1.165) is 5.75 Å². The zero-order valence-corrected chi connectivity index (χ0v) is 12.2. The van der Waals surface area contributed by atoms with Crippen LogP contribution < -0.4 is 10.5 Å². The molecular weight excluding hydrogens is 240 g/mol. The molecule has 0 aliphatic rings. The van der Waals surface area contributed by atoms with Gasteiger partial charge in [0.05, 0.1) is 6.10 Å². The molecule has 0 unspecified atom stereocenters. The van der Waals surface area contributed by atoms with E-state index in [0.29, 0.717) is 18.7 Å². The predicted octanol–water partition coefficient (Wildman–Crippen LogP) is 2.28. The van der Waals surface area contributed by atoms with E-state index in [4.69, 9.17) is 10.5 Å². The summed E-state index contributed by atoms with van der Waals surface area (Å²) >= 11 is 0. The summed E-state index contributed by atoms with van der Waals surface area (Å²) in [5.41, 5.74) is 6.20. The highest BCUT2D eigenvalue weighted by molar-refractivity contribution is 5.94. The van der Waals surface area contributed by atoms with Gasteiger partial charge < -0.3 is 15.4 Å². The summed E-state index contributed by atoms with van der Waals surface area (Å²) in [5, 5.41) is 0. The van der Waals surface area contributed by atoms with E-state index in [9.17, 15) is 4.79 Å². The van der Waals surface area contributed by atoms with E-state index >= 15 is 0 Å². The second kappa shape index (κ2) is 7.14. The molecule has 0 aliphatic carbocycles. The average molecular weight is 264 g/mol. The molecular formula is C15H24N2O2. The Labute approximate surface area is 115 Å². The Balaban J connectivity index is 2.91. The van der Waals surface area contributed by atoms with Crippen LogP contribution in [0.25, 0.3) is 0 Å². The summed E-state index contributed by atoms with van der Waals surface area (Å²) in [7, 11) is 0. The van der Waals surface area contributed by atoms with Gasteiger partial charge in [-0.3, -0.25) is 4.79 Å². The van der Waals surface area contributed by atoms with Crippen molar-refractivity contribution in [1.82, 2.24) is 4.90 Å². The Bertz CT molecular complexity index is 416. The van der Waals surface area contributed by atoms with E-state index < -0.39 is 0 Å². The Morgan fingerprint density at radius 1 is 1.32 bits per heavy atom. The quantitative estimate of drug-likeness (QED) is 0.857. The van der Waals surface area contributed by atoms with Crippen molar-refractivity contribution in [2.45, 2.75) is 39.8 Å². The standard InChI is InChI=1S/C15H24N2O2/c1-11(2)17(9-8-16)15(18)13-6-5-7-14(10-13)19-12(3)4/h5-7,10-12H,8-9,16H2,1-4H3. The third-order valence-electron chi connectivity index (χ3n) is 2.71. The molecule has 2 N–H and O–H groups in total. The van der Waals surface area contributed by atoms with Crippen LogP contribution in [-0.4, -0.2) is 36.0 Å². The highest BCUT2D eigenvalue weighted by Gasteiger charge is 2.18. The Kier molecular flexibility index (Phi) is 5.83. The normalized spacial score (nSPS) is 10.9. The maximum atomic E-state index is 12.4. The van der Waals surface area contributed by atoms with Crippen molar-refractivity contribution in [2.24, 2.45) is 5.73 Å². The van der Waals surface area contributed by atoms with Crippen molar-refractivity contribution < 1.29 is 9.53 Å². The largest absolute Gasteiger partial charge is 0.491 e. The number of carbonyl (C=O) groups excluding carboxylic acids is 1. The van der Waals surface area contributed by atoms with Crippen molar-refractivity contribution in [1.29, 1.82) is 0 Å². The van der Waals surface area contributed by atoms with Crippen LogP contribution >= 0.6 is 0 Å². The number of hydrogen-bond donors (Lipinski definition) is 1. The van der Waals surface area contributed by atoms with Gasteiger partial charge >= 0.3 is 0 Å². The van der Waals surface area contributed by atoms with Gasteiger partial charge in [-0.25, -0.2) is 0 Å². The molecule has 4 nitrogen and oxygen atoms in total. The summed E-state index contributed by atoms with van der Waals surface area (Å²) < 4.78 is 5.61. The van der Waals surface area contributed by atoms with E-state index in [1.165, 1.54) is 0 Å². The van der Waals surface area contributed by atoms with E-state index in [-0.39, 0.29) is 18.1 Å². The number of amides is 1. The lowest BCUT2D eigenvalue weighted by atomic mass is 10.1. The second-order valence-corrected chi connectivity index (χ2v) is 5.08. The molecule has 1 aromatic rings. The molecule has 0 fully saturated rings. The molecule has 0 atom stereocenters. The number of nitrogens with two attached hydrogens (primary N) is 1. The van der Waals surface area contributed by atoms with Gasteiger partial charge in [-0.2, -0.15) is 0 Å². The maximum Gasteiger partial charge on any atom is 0.254 e. The molecule has 106 valence electrons. The van der Waals surface area contributed by atoms with Crippen molar-refractivity contribution in [3.05, 3.63) is 29.8 Å². The SMILES string of the molecule is CC(C)Oc1cccc(C(=O)N(CCN)C(C)C)c1. The number of benzene rings is 1. The van der Waals surface area contributed by atoms with Gasteiger partial charge in [0, 0.05) is 24.7 Å². The fourth-order valence-corrected chi connectivity index (χ4v) is 1.87. The molecule has 4 heteroatoms. The van der Waals surface area contributed by atoms with Gasteiger partial charge in [-0.1, -0.05) is 6.07 Å². The fraction of sp³-hybridized carbons (Fsp3) is 0.533. The minimum atomic E-state index is -0.00495. The Hall–Kier alpha value is -1.55. The molecule has 0 spiro atoms. The molecule has 1 aromatic carbocycles. The number of hydrogen-bond acceptors (Lipinski definition) is 3. The summed E-state index contributed by atoms with van der Waals surface area (Å²) in [6.07, 6.45) is 0.0931. The molecule has 19 heavy (non-hydrogen) atoms. The zero-order chi connectivity index (χ0) is 14.4. The smallest absolute Gasteiger partial charge is 0.254 e. The number of ether oxygens (including phenoxy) is 1. The van der Waals surface area contributed by atoms with Crippen LogP contribution in [0.2, 0.25) is 0 Å². The average Bonchev–Trinajstić information content (AvgIpc) is 2.34. The van der Waals surface area contributed by atoms with Crippen LogP contribution in [0.5, 0.6) is 5.75 Å². The van der Waals surface area contributed by atoms with Crippen LogP contribution in [0.3, 0.4) is 0 Å². The Morgan fingerprint density at radius 3 is 2.53 bits per heavy atom. The topological polar surface area (TPSA) is 55.6 Å². The summed E-state index contributed by atoms with van der Waals surface area (Å²) in [5.74, 6) is 0.715. The molecule has 0 saturated carbocycles. The molecule has 0 bridgehead atoms. The number of nitrogens with zero attached hydrogens (tertiary/aromatic N) is 1. The predicted molar refractivity (Wildman–Crippen MR) is 77.4 cm³/mol. The molecule has 1 rings (SSSR count). The first-order valence-corrected chi connectivity index (χ1v) is 6.73. The lowest BCUT2D eigenvalue weighted by Gasteiger charge is -2.26. The summed E-state index contributed by atoms with van der Waals surface area (Å²) in [6.45, 7) is 8.93. The lowest BCUT2D eigenvalue weighted by molar-refractivity contribution is 0.0711. The second-order valence-electron chi connectivity index (χ2n) is 5.08. The van der Waals surface area contributed by atoms with Crippen molar-refractivity contribution in [2.75, 3.05) is 13.1 Å². The van der Waals surface area contributed by atoms with Crippen molar-refractivity contribution in [3.63, 3.8) is 0 Å². The molecule has 0 aromatic heterocycles. The summed E-state index contributed by atoms with van der Waals surface area (Å²) in [6, 6.07) is 7.42. The first kappa shape index (κ1) is 15.5. The van der Waals surface area contributed by atoms with Gasteiger partial charge in [0.1, 0.15) is 5.75 Å². The fourth-order valence-electron chi connectivity index (χ4n) is 1.87. The van der Waals surface area contributed by atoms with E-state index in [1.807, 2.05) is 39.8 Å². The van der Waals surface area contributed by atoms with Crippen LogP contribution in [-0.2, 0) is 0 Å². The van der Waals surface area contributed by atoms with Crippen molar-refractivity contribution in [3.8, 4) is 5.75 Å². The molecule has 0 aliphatic heterocycles. The van der Waals surface area contributed by atoms with Gasteiger partial charge in [0.15, 0.2) is 0 Å². The van der Waals surface area contributed by atoms with Crippen LogP contribution in [0.4, 0.5) is 0 Å². The molecule has 0 radical (unpaired) electrons. The molecule has 0 heterocycles. The summed E-state index contributed by atoms with van der Waals surface area (Å²) in [4.78, 5) is 14.2. The van der Waals surface area contributed by atoms with Gasteiger partial charge in [-0.05, 0) is 45.9 Å². The molecule has 1 amide bonds. The zero-order valence-electron chi connectivity index (χ0n) is 12.2. The minimum absolute atomic E-state index is 0.00495. The number of rotatable bonds is 6. The van der Waals surface area contributed by atoms with E-state index in [2.05, 4.69) is 0 Å². The van der Waals surface area contributed by atoms with Crippen molar-refractivity contribution >= 4 is 5.91 Å². The van der Waals surface area contributed by atoms with Crippen LogP contribution in [0.1, 0.15) is 38.1 Å². The third-order valence-corrected chi connectivity index (χ3v) is 2.71.